The Hall–Kier alpha value is -0.770. The van der Waals surface area contributed by atoms with E-state index < -0.39 is 0 Å². The Balaban J connectivity index is 1.94. The lowest BCUT2D eigenvalue weighted by atomic mass is 9.95. The minimum Gasteiger partial charge on any atom is -0.366 e. The molecule has 3 nitrogen and oxygen atoms in total. The Bertz CT molecular complexity index is 343. The van der Waals surface area contributed by atoms with Crippen LogP contribution in [0.4, 0.5) is 5.82 Å². The summed E-state index contributed by atoms with van der Waals surface area (Å²) in [5, 5.41) is 4.31. The molecule has 0 saturated heterocycles. The lowest BCUT2D eigenvalue weighted by Gasteiger charge is -2.28. The highest BCUT2D eigenvalue weighted by atomic mass is 32.2. The van der Waals surface area contributed by atoms with Gasteiger partial charge in [-0.1, -0.05) is 6.42 Å². The van der Waals surface area contributed by atoms with Crippen molar-refractivity contribution in [3.05, 3.63) is 18.1 Å². The van der Waals surface area contributed by atoms with Crippen LogP contribution in [-0.2, 0) is 0 Å². The van der Waals surface area contributed by atoms with Crippen molar-refractivity contribution >= 4 is 17.6 Å². The Labute approximate surface area is 101 Å². The number of hydrogen-bond donors (Lipinski definition) is 1. The van der Waals surface area contributed by atoms with E-state index in [0.29, 0.717) is 6.04 Å². The van der Waals surface area contributed by atoms with Crippen molar-refractivity contribution in [2.45, 2.75) is 43.9 Å². The molecule has 1 heterocycles. The van der Waals surface area contributed by atoms with Crippen molar-refractivity contribution in [3.63, 3.8) is 0 Å². The molecule has 88 valence electrons. The third kappa shape index (κ3) is 3.11. The van der Waals surface area contributed by atoms with Gasteiger partial charge in [-0.15, -0.1) is 0 Å². The van der Waals surface area contributed by atoms with Gasteiger partial charge < -0.3 is 5.32 Å². The van der Waals surface area contributed by atoms with E-state index in [1.54, 1.807) is 6.20 Å². The summed E-state index contributed by atoms with van der Waals surface area (Å²) >= 11 is 1.99. The van der Waals surface area contributed by atoms with Crippen molar-refractivity contribution in [2.75, 3.05) is 11.6 Å². The number of nitrogens with zero attached hydrogens (tertiary/aromatic N) is 2. The predicted molar refractivity (Wildman–Crippen MR) is 70.0 cm³/mol. The molecular formula is C12H19N3S. The molecule has 1 fully saturated rings. The van der Waals surface area contributed by atoms with Gasteiger partial charge in [0.15, 0.2) is 0 Å². The zero-order valence-corrected chi connectivity index (χ0v) is 10.8. The topological polar surface area (TPSA) is 37.8 Å². The number of nitrogens with one attached hydrogen (secondary N) is 1. The molecule has 2 unspecified atom stereocenters. The lowest BCUT2D eigenvalue weighted by molar-refractivity contribution is 0.472. The Morgan fingerprint density at radius 1 is 1.38 bits per heavy atom. The summed E-state index contributed by atoms with van der Waals surface area (Å²) in [6, 6.07) is 0.572. The average molecular weight is 237 g/mol. The first-order chi connectivity index (χ1) is 7.78. The molecule has 1 aromatic rings. The second-order valence-electron chi connectivity index (χ2n) is 4.41. The van der Waals surface area contributed by atoms with Crippen LogP contribution in [0.2, 0.25) is 0 Å². The van der Waals surface area contributed by atoms with Gasteiger partial charge >= 0.3 is 0 Å². The van der Waals surface area contributed by atoms with Crippen LogP contribution in [0.15, 0.2) is 12.4 Å². The third-order valence-corrected chi connectivity index (χ3v) is 4.16. The van der Waals surface area contributed by atoms with Crippen LogP contribution in [0.5, 0.6) is 0 Å². The van der Waals surface area contributed by atoms with Gasteiger partial charge in [0.2, 0.25) is 0 Å². The highest BCUT2D eigenvalue weighted by Gasteiger charge is 2.21. The average Bonchev–Trinajstić information content (AvgIpc) is 2.29. The van der Waals surface area contributed by atoms with Crippen LogP contribution in [-0.4, -0.2) is 27.5 Å². The van der Waals surface area contributed by atoms with Crippen LogP contribution in [0, 0.1) is 6.92 Å². The van der Waals surface area contributed by atoms with Gasteiger partial charge in [0.1, 0.15) is 5.82 Å². The zero-order valence-electron chi connectivity index (χ0n) is 9.94. The maximum atomic E-state index is 4.44. The molecule has 0 spiro atoms. The standard InChI is InChI=1S/C12H19N3S/c1-9-7-13-8-12(14-9)15-10-4-3-5-11(6-10)16-2/h7-8,10-11H,3-6H2,1-2H3,(H,14,15). The summed E-state index contributed by atoms with van der Waals surface area (Å²) < 4.78 is 0. The normalized spacial score (nSPS) is 25.4. The molecule has 0 bridgehead atoms. The highest BCUT2D eigenvalue weighted by Crippen LogP contribution is 2.28. The molecule has 4 heteroatoms. The number of thioether (sulfide) groups is 1. The summed E-state index contributed by atoms with van der Waals surface area (Å²) in [4.78, 5) is 8.60. The van der Waals surface area contributed by atoms with E-state index in [9.17, 15) is 0 Å². The SMILES string of the molecule is CSC1CCCC(Nc2cncc(C)n2)C1. The Morgan fingerprint density at radius 3 is 3.00 bits per heavy atom. The third-order valence-electron chi connectivity index (χ3n) is 3.07. The van der Waals surface area contributed by atoms with Crippen LogP contribution in [0.1, 0.15) is 31.4 Å². The molecule has 16 heavy (non-hydrogen) atoms. The highest BCUT2D eigenvalue weighted by molar-refractivity contribution is 7.99. The number of anilines is 1. The van der Waals surface area contributed by atoms with Crippen molar-refractivity contribution in [2.24, 2.45) is 0 Å². The zero-order chi connectivity index (χ0) is 11.4. The van der Waals surface area contributed by atoms with Crippen LogP contribution >= 0.6 is 11.8 Å². The maximum Gasteiger partial charge on any atom is 0.145 e. The monoisotopic (exact) mass is 237 g/mol. The summed E-state index contributed by atoms with van der Waals surface area (Å²) in [6.07, 6.45) is 11.0. The Morgan fingerprint density at radius 2 is 2.25 bits per heavy atom. The predicted octanol–water partition coefficient (Wildman–Crippen LogP) is 2.87. The largest absolute Gasteiger partial charge is 0.366 e. The van der Waals surface area contributed by atoms with Gasteiger partial charge in [0.25, 0.3) is 0 Å². The van der Waals surface area contributed by atoms with E-state index in [4.69, 9.17) is 0 Å². The summed E-state index contributed by atoms with van der Waals surface area (Å²) in [5.41, 5.74) is 0.974. The van der Waals surface area contributed by atoms with Gasteiger partial charge in [-0.3, -0.25) is 4.98 Å². The van der Waals surface area contributed by atoms with Crippen molar-refractivity contribution in [1.29, 1.82) is 0 Å². The van der Waals surface area contributed by atoms with Gasteiger partial charge in [-0.05, 0) is 32.4 Å². The number of hydrogen-bond acceptors (Lipinski definition) is 4. The smallest absolute Gasteiger partial charge is 0.145 e. The minimum absolute atomic E-state index is 0.572. The lowest BCUT2D eigenvalue weighted by Crippen LogP contribution is -2.28. The molecule has 1 aromatic heterocycles. The number of rotatable bonds is 3. The molecule has 1 aliphatic rings. The summed E-state index contributed by atoms with van der Waals surface area (Å²) in [5.74, 6) is 0.923. The quantitative estimate of drug-likeness (QED) is 0.877. The molecule has 1 N–H and O–H groups in total. The van der Waals surface area contributed by atoms with Crippen LogP contribution in [0.3, 0.4) is 0 Å². The Kier molecular flexibility index (Phi) is 4.04. The van der Waals surface area contributed by atoms with E-state index in [2.05, 4.69) is 21.5 Å². The molecule has 2 rings (SSSR count). The fourth-order valence-corrected chi connectivity index (χ4v) is 3.06. The molecule has 0 aromatic carbocycles. The molecule has 0 amide bonds. The first-order valence-corrected chi connectivity index (χ1v) is 7.14. The van der Waals surface area contributed by atoms with E-state index in [0.717, 1.165) is 16.8 Å². The first-order valence-electron chi connectivity index (χ1n) is 5.86. The molecular weight excluding hydrogens is 218 g/mol. The van der Waals surface area contributed by atoms with E-state index in [-0.39, 0.29) is 0 Å². The van der Waals surface area contributed by atoms with Gasteiger partial charge in [0.05, 0.1) is 11.9 Å². The van der Waals surface area contributed by atoms with Crippen LogP contribution in [0.25, 0.3) is 0 Å². The fraction of sp³-hybridized carbons (Fsp3) is 0.667. The summed E-state index contributed by atoms with van der Waals surface area (Å²) in [6.45, 7) is 1.98. The molecule has 0 radical (unpaired) electrons. The second-order valence-corrected chi connectivity index (χ2v) is 5.55. The van der Waals surface area contributed by atoms with Gasteiger partial charge in [-0.2, -0.15) is 11.8 Å². The fourth-order valence-electron chi connectivity index (χ4n) is 2.23. The summed E-state index contributed by atoms with van der Waals surface area (Å²) in [7, 11) is 0. The molecule has 0 aliphatic heterocycles. The van der Waals surface area contributed by atoms with Crippen molar-refractivity contribution < 1.29 is 0 Å². The van der Waals surface area contributed by atoms with Crippen molar-refractivity contribution in [1.82, 2.24) is 9.97 Å². The van der Waals surface area contributed by atoms with E-state index in [1.807, 2.05) is 24.9 Å². The minimum atomic E-state index is 0.572. The van der Waals surface area contributed by atoms with Gasteiger partial charge in [-0.25, -0.2) is 4.98 Å². The van der Waals surface area contributed by atoms with Crippen molar-refractivity contribution in [3.8, 4) is 0 Å². The second kappa shape index (κ2) is 5.53. The molecule has 2 atom stereocenters. The van der Waals surface area contributed by atoms with Gasteiger partial charge in [0, 0.05) is 17.5 Å². The van der Waals surface area contributed by atoms with Crippen LogP contribution < -0.4 is 5.32 Å². The number of aryl methyl sites for hydroxylation is 1. The van der Waals surface area contributed by atoms with E-state index >= 15 is 0 Å². The van der Waals surface area contributed by atoms with E-state index in [1.165, 1.54) is 25.7 Å². The molecule has 1 saturated carbocycles. The molecule has 1 aliphatic carbocycles. The maximum absolute atomic E-state index is 4.44. The first kappa shape index (κ1) is 11.7. The number of aromatic nitrogens is 2.